The van der Waals surface area contributed by atoms with Gasteiger partial charge in [0.2, 0.25) is 5.91 Å². The van der Waals surface area contributed by atoms with Crippen LogP contribution in [0.15, 0.2) is 36.5 Å². The number of hydrogen-bond acceptors (Lipinski definition) is 4. The Bertz CT molecular complexity index is 1090. The van der Waals surface area contributed by atoms with Crippen molar-refractivity contribution in [3.63, 3.8) is 0 Å². The number of halogens is 4. The number of piperidine rings is 1. The first-order valence-corrected chi connectivity index (χ1v) is 10.7. The number of carbonyl (C=O) groups excluding carboxylic acids is 1. The van der Waals surface area contributed by atoms with E-state index in [0.717, 1.165) is 29.4 Å². The van der Waals surface area contributed by atoms with E-state index in [9.17, 15) is 18.0 Å². The van der Waals surface area contributed by atoms with E-state index < -0.39 is 11.7 Å². The van der Waals surface area contributed by atoms with Gasteiger partial charge in [-0.1, -0.05) is 11.6 Å². The fourth-order valence-electron chi connectivity index (χ4n) is 3.71. The molecule has 0 unspecified atom stereocenters. The Morgan fingerprint density at radius 3 is 2.67 bits per heavy atom. The van der Waals surface area contributed by atoms with Gasteiger partial charge in [0.05, 0.1) is 16.3 Å². The van der Waals surface area contributed by atoms with Gasteiger partial charge in [0, 0.05) is 40.2 Å². The second-order valence-electron chi connectivity index (χ2n) is 7.35. The summed E-state index contributed by atoms with van der Waals surface area (Å²) in [5.74, 6) is 0.306. The molecule has 158 valence electrons. The van der Waals surface area contributed by atoms with E-state index in [-0.39, 0.29) is 22.5 Å². The van der Waals surface area contributed by atoms with Crippen LogP contribution in [0.2, 0.25) is 5.02 Å². The molecule has 0 aliphatic carbocycles. The van der Waals surface area contributed by atoms with Crippen molar-refractivity contribution in [3.05, 3.63) is 52.0 Å². The van der Waals surface area contributed by atoms with Crippen LogP contribution in [0.1, 0.15) is 23.3 Å². The first kappa shape index (κ1) is 20.9. The summed E-state index contributed by atoms with van der Waals surface area (Å²) in [7, 11) is 0. The molecule has 1 amide bonds. The molecule has 1 aliphatic rings. The lowest BCUT2D eigenvalue weighted by Gasteiger charge is -2.32. The number of thiophene rings is 1. The van der Waals surface area contributed by atoms with E-state index in [1.807, 2.05) is 6.07 Å². The van der Waals surface area contributed by atoms with Gasteiger partial charge in [-0.25, -0.2) is 4.98 Å². The van der Waals surface area contributed by atoms with E-state index in [1.165, 1.54) is 9.58 Å². The zero-order valence-electron chi connectivity index (χ0n) is 16.1. The van der Waals surface area contributed by atoms with Crippen LogP contribution in [-0.2, 0) is 11.0 Å². The Labute approximate surface area is 180 Å². The summed E-state index contributed by atoms with van der Waals surface area (Å²) in [6.07, 6.45) is -1.53. The Hall–Kier alpha value is -2.32. The lowest BCUT2D eigenvalue weighted by molar-refractivity contribution is -0.137. The quantitative estimate of drug-likeness (QED) is 0.518. The Morgan fingerprint density at radius 1 is 1.23 bits per heavy atom. The number of hydrogen-bond donors (Lipinski definition) is 1. The molecule has 4 nitrogen and oxygen atoms in total. The molecule has 1 N–H and O–H groups in total. The summed E-state index contributed by atoms with van der Waals surface area (Å²) in [5, 5.41) is 3.77. The van der Waals surface area contributed by atoms with Crippen LogP contribution in [0.25, 0.3) is 10.1 Å². The van der Waals surface area contributed by atoms with Gasteiger partial charge in [0.25, 0.3) is 0 Å². The van der Waals surface area contributed by atoms with Crippen LogP contribution >= 0.6 is 22.9 Å². The van der Waals surface area contributed by atoms with Crippen molar-refractivity contribution >= 4 is 50.4 Å². The molecule has 0 radical (unpaired) electrons. The molecule has 0 bridgehead atoms. The van der Waals surface area contributed by atoms with Gasteiger partial charge in [0.1, 0.15) is 5.82 Å². The maximum atomic E-state index is 12.9. The summed E-state index contributed by atoms with van der Waals surface area (Å²) < 4.78 is 40.0. The molecule has 0 atom stereocenters. The number of pyridine rings is 1. The normalized spacial score (nSPS) is 15.6. The second-order valence-corrected chi connectivity index (χ2v) is 9.04. The zero-order valence-corrected chi connectivity index (χ0v) is 17.7. The van der Waals surface area contributed by atoms with Crippen LogP contribution in [-0.4, -0.2) is 24.0 Å². The largest absolute Gasteiger partial charge is 0.416 e. The highest BCUT2D eigenvalue weighted by Crippen LogP contribution is 2.35. The number of fused-ring (bicyclic) bond motifs is 1. The van der Waals surface area contributed by atoms with Crippen molar-refractivity contribution in [2.75, 3.05) is 23.3 Å². The Balaban J connectivity index is 1.44. The Kier molecular flexibility index (Phi) is 5.63. The lowest BCUT2D eigenvalue weighted by atomic mass is 9.95. The monoisotopic (exact) mass is 453 g/mol. The summed E-state index contributed by atoms with van der Waals surface area (Å²) in [5.41, 5.74) is -0.860. The third-order valence-electron chi connectivity index (χ3n) is 5.26. The minimum atomic E-state index is -4.50. The number of alkyl halides is 3. The van der Waals surface area contributed by atoms with E-state index in [1.54, 1.807) is 17.5 Å². The third-order valence-corrected chi connectivity index (χ3v) is 6.61. The average molecular weight is 454 g/mol. The summed E-state index contributed by atoms with van der Waals surface area (Å²) in [4.78, 5) is 20.6. The highest BCUT2D eigenvalue weighted by molar-refractivity contribution is 7.19. The number of rotatable bonds is 3. The van der Waals surface area contributed by atoms with Gasteiger partial charge in [-0.2, -0.15) is 13.2 Å². The van der Waals surface area contributed by atoms with Gasteiger partial charge in [-0.05, 0) is 50.1 Å². The zero-order chi connectivity index (χ0) is 21.5. The number of benzene rings is 1. The topological polar surface area (TPSA) is 45.2 Å². The van der Waals surface area contributed by atoms with E-state index in [2.05, 4.69) is 28.2 Å². The van der Waals surface area contributed by atoms with Crippen molar-refractivity contribution in [1.29, 1.82) is 0 Å². The maximum absolute atomic E-state index is 12.9. The highest BCUT2D eigenvalue weighted by Gasteiger charge is 2.32. The van der Waals surface area contributed by atoms with Gasteiger partial charge in [-0.3, -0.25) is 4.79 Å². The summed E-state index contributed by atoms with van der Waals surface area (Å²) in [6.45, 7) is 3.36. The number of aromatic nitrogens is 1. The SMILES string of the molecule is Cc1cc2c(N3CCC(C(=O)Nc4cc(C(F)(F)F)ccc4Cl)CC3)nccc2s1. The highest BCUT2D eigenvalue weighted by atomic mass is 35.5. The molecule has 1 saturated heterocycles. The maximum Gasteiger partial charge on any atom is 0.416 e. The lowest BCUT2D eigenvalue weighted by Crippen LogP contribution is -2.38. The molecule has 30 heavy (non-hydrogen) atoms. The fraction of sp³-hybridized carbons (Fsp3) is 0.333. The molecule has 1 aliphatic heterocycles. The number of nitrogens with zero attached hydrogens (tertiary/aromatic N) is 2. The summed E-state index contributed by atoms with van der Waals surface area (Å²) in [6, 6.07) is 7.04. The predicted molar refractivity (Wildman–Crippen MR) is 114 cm³/mol. The predicted octanol–water partition coefficient (Wildman–Crippen LogP) is 6.13. The van der Waals surface area contributed by atoms with Gasteiger partial charge >= 0.3 is 6.18 Å². The molecule has 2 aromatic heterocycles. The smallest absolute Gasteiger partial charge is 0.356 e. The van der Waals surface area contributed by atoms with Crippen LogP contribution in [0.4, 0.5) is 24.7 Å². The standard InChI is InChI=1S/C21H19ClF3N3OS/c1-12-10-15-18(30-12)4-7-26-19(15)28-8-5-13(6-9-28)20(29)27-17-11-14(21(23,24)25)2-3-16(17)22/h2-4,7,10-11,13H,5-6,8-9H2,1H3,(H,27,29). The van der Waals surface area contributed by atoms with Gasteiger partial charge < -0.3 is 10.2 Å². The van der Waals surface area contributed by atoms with Gasteiger partial charge in [-0.15, -0.1) is 11.3 Å². The van der Waals surface area contributed by atoms with Gasteiger partial charge in [0.15, 0.2) is 0 Å². The number of nitrogens with one attached hydrogen (secondary N) is 1. The molecule has 1 fully saturated rings. The molecule has 0 saturated carbocycles. The van der Waals surface area contributed by atoms with Crippen LogP contribution in [0.3, 0.4) is 0 Å². The molecule has 0 spiro atoms. The first-order chi connectivity index (χ1) is 14.2. The minimum Gasteiger partial charge on any atom is -0.356 e. The van der Waals surface area contributed by atoms with Crippen molar-refractivity contribution in [1.82, 2.24) is 4.98 Å². The van der Waals surface area contributed by atoms with E-state index in [4.69, 9.17) is 11.6 Å². The molecule has 9 heteroatoms. The molecule has 3 heterocycles. The number of amides is 1. The van der Waals surface area contributed by atoms with E-state index in [0.29, 0.717) is 25.9 Å². The summed E-state index contributed by atoms with van der Waals surface area (Å²) >= 11 is 7.71. The minimum absolute atomic E-state index is 0.0147. The Morgan fingerprint density at radius 2 is 1.97 bits per heavy atom. The van der Waals surface area contributed by atoms with Crippen molar-refractivity contribution in [2.24, 2.45) is 5.92 Å². The van der Waals surface area contributed by atoms with Crippen LogP contribution in [0, 0.1) is 12.8 Å². The number of carbonyl (C=O) groups is 1. The third kappa shape index (κ3) is 4.25. The van der Waals surface area contributed by atoms with E-state index >= 15 is 0 Å². The molecule has 1 aromatic carbocycles. The van der Waals surface area contributed by atoms with Crippen molar-refractivity contribution in [3.8, 4) is 0 Å². The van der Waals surface area contributed by atoms with Crippen molar-refractivity contribution < 1.29 is 18.0 Å². The van der Waals surface area contributed by atoms with Crippen molar-refractivity contribution in [2.45, 2.75) is 25.9 Å². The molecule has 4 rings (SSSR count). The fourth-order valence-corrected chi connectivity index (χ4v) is 4.79. The van der Waals surface area contributed by atoms with Crippen LogP contribution in [0.5, 0.6) is 0 Å². The molecular weight excluding hydrogens is 435 g/mol. The average Bonchev–Trinajstić information content (AvgIpc) is 3.09. The number of anilines is 2. The number of aryl methyl sites for hydroxylation is 1. The van der Waals surface area contributed by atoms with Crippen LogP contribution < -0.4 is 10.2 Å². The molecule has 3 aromatic rings. The second kappa shape index (κ2) is 8.07. The molecular formula is C21H19ClF3N3OS. The first-order valence-electron chi connectivity index (χ1n) is 9.50.